The quantitative estimate of drug-likeness (QED) is 0.924. The van der Waals surface area contributed by atoms with Crippen LogP contribution in [0.4, 0.5) is 0 Å². The van der Waals surface area contributed by atoms with Gasteiger partial charge >= 0.3 is 0 Å². The molecule has 1 aromatic carbocycles. The summed E-state index contributed by atoms with van der Waals surface area (Å²) in [5, 5.41) is 3.31. The van der Waals surface area contributed by atoms with E-state index in [4.69, 9.17) is 9.15 Å². The fourth-order valence-corrected chi connectivity index (χ4v) is 2.55. The molecule has 0 saturated heterocycles. The van der Waals surface area contributed by atoms with Crippen molar-refractivity contribution in [1.29, 1.82) is 0 Å². The lowest BCUT2D eigenvalue weighted by Crippen LogP contribution is -2.18. The third-order valence-electron chi connectivity index (χ3n) is 3.19. The lowest BCUT2D eigenvalue weighted by atomic mass is 9.99. The van der Waals surface area contributed by atoms with Gasteiger partial charge in [0.2, 0.25) is 0 Å². The maximum atomic E-state index is 5.50. The Morgan fingerprint density at radius 2 is 2.00 bits per heavy atom. The lowest BCUT2D eigenvalue weighted by Gasteiger charge is -2.19. The number of methoxy groups -OCH3 is 1. The number of aryl methyl sites for hydroxylation is 2. The van der Waals surface area contributed by atoms with E-state index in [0.717, 1.165) is 32.7 Å². The summed E-state index contributed by atoms with van der Waals surface area (Å²) in [6, 6.07) is 6.22. The first-order chi connectivity index (χ1) is 9.06. The highest BCUT2D eigenvalue weighted by molar-refractivity contribution is 9.10. The van der Waals surface area contributed by atoms with Crippen LogP contribution in [0.1, 0.15) is 28.5 Å². The topological polar surface area (TPSA) is 34.4 Å². The molecule has 0 radical (unpaired) electrons. The van der Waals surface area contributed by atoms with Crippen LogP contribution in [0.15, 0.2) is 33.4 Å². The molecule has 0 spiro atoms. The molecule has 0 bridgehead atoms. The maximum absolute atomic E-state index is 5.50. The molecule has 4 heteroatoms. The first kappa shape index (κ1) is 14.2. The molecule has 0 aliphatic heterocycles. The summed E-state index contributed by atoms with van der Waals surface area (Å²) in [7, 11) is 3.62. The van der Waals surface area contributed by atoms with E-state index < -0.39 is 0 Å². The lowest BCUT2D eigenvalue weighted by molar-refractivity contribution is 0.404. The molecule has 0 fully saturated rings. The van der Waals surface area contributed by atoms with Crippen LogP contribution in [0.25, 0.3) is 0 Å². The van der Waals surface area contributed by atoms with Gasteiger partial charge < -0.3 is 14.5 Å². The Balaban J connectivity index is 2.51. The molecular formula is C15H18BrNO2. The van der Waals surface area contributed by atoms with Gasteiger partial charge in [0.05, 0.1) is 19.4 Å². The van der Waals surface area contributed by atoms with E-state index in [1.807, 2.05) is 33.0 Å². The normalized spacial score (nSPS) is 12.5. The first-order valence-corrected chi connectivity index (χ1v) is 6.92. The molecule has 1 heterocycles. The Morgan fingerprint density at radius 3 is 2.53 bits per heavy atom. The fourth-order valence-electron chi connectivity index (χ4n) is 2.19. The van der Waals surface area contributed by atoms with Crippen molar-refractivity contribution >= 4 is 15.9 Å². The monoisotopic (exact) mass is 323 g/mol. The van der Waals surface area contributed by atoms with E-state index in [-0.39, 0.29) is 6.04 Å². The van der Waals surface area contributed by atoms with Crippen LogP contribution in [-0.2, 0) is 0 Å². The third-order valence-corrected chi connectivity index (χ3v) is 4.05. The van der Waals surface area contributed by atoms with Gasteiger partial charge in [0.1, 0.15) is 11.5 Å². The average molecular weight is 324 g/mol. The van der Waals surface area contributed by atoms with Gasteiger partial charge in [-0.15, -0.1) is 0 Å². The maximum Gasteiger partial charge on any atom is 0.124 e. The van der Waals surface area contributed by atoms with E-state index >= 15 is 0 Å². The van der Waals surface area contributed by atoms with Crippen molar-refractivity contribution in [3.63, 3.8) is 0 Å². The summed E-state index contributed by atoms with van der Waals surface area (Å²) < 4.78 is 12.0. The molecule has 1 unspecified atom stereocenters. The van der Waals surface area contributed by atoms with Crippen molar-refractivity contribution in [2.45, 2.75) is 19.9 Å². The summed E-state index contributed by atoms with van der Waals surface area (Å²) in [5.41, 5.74) is 3.33. The number of hydrogen-bond acceptors (Lipinski definition) is 3. The molecule has 0 aliphatic rings. The smallest absolute Gasteiger partial charge is 0.124 e. The Bertz CT molecular complexity index is 578. The number of rotatable bonds is 4. The minimum Gasteiger partial charge on any atom is -0.496 e. The minimum atomic E-state index is 0.0456. The van der Waals surface area contributed by atoms with Crippen molar-refractivity contribution in [2.75, 3.05) is 14.2 Å². The van der Waals surface area contributed by atoms with E-state index in [1.54, 1.807) is 13.4 Å². The number of hydrogen-bond donors (Lipinski definition) is 1. The van der Waals surface area contributed by atoms with Gasteiger partial charge in [-0.1, -0.05) is 15.9 Å². The van der Waals surface area contributed by atoms with Gasteiger partial charge in [0.15, 0.2) is 0 Å². The van der Waals surface area contributed by atoms with Crippen LogP contribution in [0.3, 0.4) is 0 Å². The predicted octanol–water partition coefficient (Wildman–Crippen LogP) is 3.98. The van der Waals surface area contributed by atoms with Crippen molar-refractivity contribution in [3.8, 4) is 5.75 Å². The first-order valence-electron chi connectivity index (χ1n) is 6.13. The summed E-state index contributed by atoms with van der Waals surface area (Å²) in [5.74, 6) is 1.78. The molecule has 3 nitrogen and oxygen atoms in total. The SMILES string of the molecule is CNC(c1coc(C)c1)c1cc(Br)c(C)cc1OC. The summed E-state index contributed by atoms with van der Waals surface area (Å²) in [6.07, 6.45) is 1.78. The van der Waals surface area contributed by atoms with Crippen LogP contribution in [-0.4, -0.2) is 14.2 Å². The molecule has 0 aliphatic carbocycles. The van der Waals surface area contributed by atoms with Crippen LogP contribution in [0, 0.1) is 13.8 Å². The highest BCUT2D eigenvalue weighted by atomic mass is 79.9. The van der Waals surface area contributed by atoms with Crippen molar-refractivity contribution in [3.05, 3.63) is 51.4 Å². The molecular weight excluding hydrogens is 306 g/mol. The van der Waals surface area contributed by atoms with Gasteiger partial charge in [0, 0.05) is 15.6 Å². The standard InChI is InChI=1S/C15H18BrNO2/c1-9-5-14(18-4)12(7-13(9)16)15(17-3)11-6-10(2)19-8-11/h5-8,15,17H,1-4H3. The second-order valence-electron chi connectivity index (χ2n) is 4.56. The fraction of sp³-hybridized carbons (Fsp3) is 0.333. The summed E-state index contributed by atoms with van der Waals surface area (Å²) in [6.45, 7) is 3.99. The van der Waals surface area contributed by atoms with Gasteiger partial charge in [-0.25, -0.2) is 0 Å². The molecule has 1 atom stereocenters. The molecule has 19 heavy (non-hydrogen) atoms. The zero-order valence-corrected chi connectivity index (χ0v) is 13.2. The van der Waals surface area contributed by atoms with Crippen LogP contribution < -0.4 is 10.1 Å². The minimum absolute atomic E-state index is 0.0456. The largest absolute Gasteiger partial charge is 0.496 e. The summed E-state index contributed by atoms with van der Waals surface area (Å²) in [4.78, 5) is 0. The Labute approximate surface area is 122 Å². The van der Waals surface area contributed by atoms with Crippen LogP contribution in [0.2, 0.25) is 0 Å². The molecule has 2 rings (SSSR count). The number of ether oxygens (including phenoxy) is 1. The van der Waals surface area contributed by atoms with Crippen molar-refractivity contribution in [2.24, 2.45) is 0 Å². The average Bonchev–Trinajstić information content (AvgIpc) is 2.81. The van der Waals surface area contributed by atoms with Crippen molar-refractivity contribution < 1.29 is 9.15 Å². The number of benzene rings is 1. The van der Waals surface area contributed by atoms with Crippen LogP contribution >= 0.6 is 15.9 Å². The zero-order chi connectivity index (χ0) is 14.0. The summed E-state index contributed by atoms with van der Waals surface area (Å²) >= 11 is 3.58. The second kappa shape index (κ2) is 5.80. The second-order valence-corrected chi connectivity index (χ2v) is 5.41. The van der Waals surface area contributed by atoms with E-state index in [1.165, 1.54) is 0 Å². The number of furan rings is 1. The molecule has 2 aromatic rings. The number of halogens is 1. The van der Waals surface area contributed by atoms with Gasteiger partial charge in [-0.3, -0.25) is 0 Å². The highest BCUT2D eigenvalue weighted by Crippen LogP contribution is 2.34. The molecule has 0 saturated carbocycles. The Hall–Kier alpha value is -1.26. The van der Waals surface area contributed by atoms with Crippen molar-refractivity contribution in [1.82, 2.24) is 5.32 Å². The van der Waals surface area contributed by atoms with Crippen LogP contribution in [0.5, 0.6) is 5.75 Å². The van der Waals surface area contributed by atoms with Gasteiger partial charge in [-0.2, -0.15) is 0 Å². The predicted molar refractivity (Wildman–Crippen MR) is 79.8 cm³/mol. The van der Waals surface area contributed by atoms with Gasteiger partial charge in [-0.05, 0) is 44.7 Å². The van der Waals surface area contributed by atoms with Gasteiger partial charge in [0.25, 0.3) is 0 Å². The molecule has 0 amide bonds. The Kier molecular flexibility index (Phi) is 4.32. The van der Waals surface area contributed by atoms with E-state index in [9.17, 15) is 0 Å². The molecule has 102 valence electrons. The highest BCUT2D eigenvalue weighted by Gasteiger charge is 2.19. The number of nitrogens with one attached hydrogen (secondary N) is 1. The van der Waals surface area contributed by atoms with E-state index in [2.05, 4.69) is 27.3 Å². The third kappa shape index (κ3) is 2.85. The molecule has 1 aromatic heterocycles. The zero-order valence-electron chi connectivity index (χ0n) is 11.6. The Morgan fingerprint density at radius 1 is 1.26 bits per heavy atom. The van der Waals surface area contributed by atoms with E-state index in [0.29, 0.717) is 0 Å². The molecule has 1 N–H and O–H groups in total.